The molecule has 4 N–H and O–H groups in total. The molecule has 0 spiro atoms. The number of rotatable bonds is 4. The Balaban J connectivity index is 2.63. The van der Waals surface area contributed by atoms with Gasteiger partial charge in [-0.1, -0.05) is 13.0 Å². The third-order valence-corrected chi connectivity index (χ3v) is 1.91. The van der Waals surface area contributed by atoms with E-state index in [1.54, 1.807) is 6.07 Å². The monoisotopic (exact) mass is 197 g/mol. The predicted octanol–water partition coefficient (Wildman–Crippen LogP) is 0.568. The van der Waals surface area contributed by atoms with Crippen LogP contribution in [0.1, 0.15) is 12.5 Å². The molecule has 0 heterocycles. The van der Waals surface area contributed by atoms with Crippen LogP contribution in [0.15, 0.2) is 18.2 Å². The number of phenols is 2. The van der Waals surface area contributed by atoms with Crippen LogP contribution in [0.25, 0.3) is 0 Å². The van der Waals surface area contributed by atoms with Gasteiger partial charge in [0, 0.05) is 6.42 Å². The molecule has 0 amide bonds. The van der Waals surface area contributed by atoms with Crippen molar-refractivity contribution in [2.45, 2.75) is 19.6 Å². The molecule has 1 rings (SSSR count). The van der Waals surface area contributed by atoms with E-state index >= 15 is 0 Å². The second kappa shape index (κ2) is 4.83. The number of aliphatic hydroxyl groups excluding tert-OH is 1. The minimum Gasteiger partial charge on any atom is -0.504 e. The molecular weight excluding hydrogens is 182 g/mol. The summed E-state index contributed by atoms with van der Waals surface area (Å²) in [5, 5.41) is 30.5. The van der Waals surface area contributed by atoms with E-state index in [0.717, 1.165) is 5.56 Å². The molecule has 0 saturated carbocycles. The molecule has 14 heavy (non-hydrogen) atoms. The standard InChI is InChI=1S/C10H15NO3/c1-2-11-10(14)6-7-3-4-8(12)9(13)5-7/h3-5,10-14H,2,6H2,1H3/t10-/m0/s1. The molecule has 1 aromatic carbocycles. The van der Waals surface area contributed by atoms with Crippen LogP contribution < -0.4 is 5.32 Å². The first kappa shape index (κ1) is 10.8. The Morgan fingerprint density at radius 3 is 2.57 bits per heavy atom. The number of benzene rings is 1. The van der Waals surface area contributed by atoms with E-state index in [2.05, 4.69) is 5.32 Å². The first-order valence-corrected chi connectivity index (χ1v) is 4.55. The molecule has 0 aromatic heterocycles. The number of phenolic OH excluding ortho intramolecular Hbond substituents is 2. The van der Waals surface area contributed by atoms with Crippen molar-refractivity contribution in [3.05, 3.63) is 23.8 Å². The third-order valence-electron chi connectivity index (χ3n) is 1.91. The lowest BCUT2D eigenvalue weighted by Gasteiger charge is -2.11. The van der Waals surface area contributed by atoms with Crippen molar-refractivity contribution in [2.75, 3.05) is 6.54 Å². The van der Waals surface area contributed by atoms with E-state index in [1.807, 2.05) is 6.92 Å². The minimum atomic E-state index is -0.621. The lowest BCUT2D eigenvalue weighted by molar-refractivity contribution is 0.140. The van der Waals surface area contributed by atoms with Crippen molar-refractivity contribution in [1.82, 2.24) is 5.32 Å². The summed E-state index contributed by atoms with van der Waals surface area (Å²) in [6.45, 7) is 2.59. The van der Waals surface area contributed by atoms with Crippen molar-refractivity contribution < 1.29 is 15.3 Å². The molecule has 0 radical (unpaired) electrons. The molecule has 4 heteroatoms. The lowest BCUT2D eigenvalue weighted by atomic mass is 10.1. The Morgan fingerprint density at radius 2 is 2.00 bits per heavy atom. The van der Waals surface area contributed by atoms with Crippen LogP contribution in [0.2, 0.25) is 0 Å². The van der Waals surface area contributed by atoms with Gasteiger partial charge in [-0.05, 0) is 24.2 Å². The van der Waals surface area contributed by atoms with Gasteiger partial charge in [-0.15, -0.1) is 0 Å². The van der Waals surface area contributed by atoms with Crippen LogP contribution in [0.5, 0.6) is 11.5 Å². The molecule has 78 valence electrons. The fourth-order valence-electron chi connectivity index (χ4n) is 1.23. The van der Waals surface area contributed by atoms with Crippen molar-refractivity contribution >= 4 is 0 Å². The highest BCUT2D eigenvalue weighted by Gasteiger charge is 2.05. The number of aliphatic hydroxyl groups is 1. The van der Waals surface area contributed by atoms with Crippen LogP contribution in [0.4, 0.5) is 0 Å². The zero-order chi connectivity index (χ0) is 10.6. The molecule has 0 aliphatic heterocycles. The van der Waals surface area contributed by atoms with Gasteiger partial charge >= 0.3 is 0 Å². The van der Waals surface area contributed by atoms with Crippen LogP contribution in [-0.4, -0.2) is 28.1 Å². The summed E-state index contributed by atoms with van der Waals surface area (Å²) < 4.78 is 0. The molecule has 0 aliphatic carbocycles. The van der Waals surface area contributed by atoms with E-state index in [4.69, 9.17) is 5.11 Å². The summed E-state index contributed by atoms with van der Waals surface area (Å²) in [4.78, 5) is 0. The molecule has 1 aromatic rings. The smallest absolute Gasteiger partial charge is 0.157 e. The number of aromatic hydroxyl groups is 2. The van der Waals surface area contributed by atoms with Gasteiger partial charge in [0.2, 0.25) is 0 Å². The maximum absolute atomic E-state index is 9.41. The van der Waals surface area contributed by atoms with E-state index in [0.29, 0.717) is 13.0 Å². The first-order valence-electron chi connectivity index (χ1n) is 4.55. The summed E-state index contributed by atoms with van der Waals surface area (Å²) in [5.41, 5.74) is 0.772. The second-order valence-electron chi connectivity index (χ2n) is 3.10. The van der Waals surface area contributed by atoms with Crippen LogP contribution in [0.3, 0.4) is 0 Å². The van der Waals surface area contributed by atoms with Gasteiger partial charge in [-0.3, -0.25) is 5.32 Å². The summed E-state index contributed by atoms with van der Waals surface area (Å²) in [6, 6.07) is 4.51. The largest absolute Gasteiger partial charge is 0.504 e. The summed E-state index contributed by atoms with van der Waals surface area (Å²) in [6.07, 6.45) is -0.217. The zero-order valence-electron chi connectivity index (χ0n) is 8.07. The average Bonchev–Trinajstić information content (AvgIpc) is 2.12. The Bertz CT molecular complexity index is 301. The van der Waals surface area contributed by atoms with E-state index in [1.165, 1.54) is 12.1 Å². The number of hydrogen-bond acceptors (Lipinski definition) is 4. The molecule has 0 saturated heterocycles. The SMILES string of the molecule is CCN[C@@H](O)Cc1ccc(O)c(O)c1. The molecule has 0 unspecified atom stereocenters. The van der Waals surface area contributed by atoms with Crippen molar-refractivity contribution in [2.24, 2.45) is 0 Å². The quantitative estimate of drug-likeness (QED) is 0.420. The summed E-state index contributed by atoms with van der Waals surface area (Å²) in [5.74, 6) is -0.308. The van der Waals surface area contributed by atoms with Crippen molar-refractivity contribution in [1.29, 1.82) is 0 Å². The van der Waals surface area contributed by atoms with E-state index < -0.39 is 6.23 Å². The highest BCUT2D eigenvalue weighted by Crippen LogP contribution is 2.25. The lowest BCUT2D eigenvalue weighted by Crippen LogP contribution is -2.30. The fourth-order valence-corrected chi connectivity index (χ4v) is 1.23. The number of nitrogens with one attached hydrogen (secondary N) is 1. The highest BCUT2D eigenvalue weighted by molar-refractivity contribution is 5.40. The number of likely N-dealkylation sites (N-methyl/N-ethyl adjacent to an activating group) is 1. The maximum Gasteiger partial charge on any atom is 0.157 e. The van der Waals surface area contributed by atoms with Gasteiger partial charge in [0.05, 0.1) is 0 Å². The van der Waals surface area contributed by atoms with Gasteiger partial charge in [0.25, 0.3) is 0 Å². The van der Waals surface area contributed by atoms with Crippen molar-refractivity contribution in [3.8, 4) is 11.5 Å². The van der Waals surface area contributed by atoms with Crippen LogP contribution >= 0.6 is 0 Å². The first-order chi connectivity index (χ1) is 6.63. The number of hydrogen-bond donors (Lipinski definition) is 4. The predicted molar refractivity (Wildman–Crippen MR) is 53.2 cm³/mol. The van der Waals surface area contributed by atoms with Gasteiger partial charge in [-0.2, -0.15) is 0 Å². The van der Waals surface area contributed by atoms with Crippen molar-refractivity contribution in [3.63, 3.8) is 0 Å². The average molecular weight is 197 g/mol. The molecular formula is C10H15NO3. The van der Waals surface area contributed by atoms with Gasteiger partial charge in [-0.25, -0.2) is 0 Å². The fraction of sp³-hybridized carbons (Fsp3) is 0.400. The van der Waals surface area contributed by atoms with Gasteiger partial charge in [0.15, 0.2) is 11.5 Å². The van der Waals surface area contributed by atoms with Gasteiger partial charge < -0.3 is 15.3 Å². The Hall–Kier alpha value is -1.26. The summed E-state index contributed by atoms with van der Waals surface area (Å²) >= 11 is 0. The summed E-state index contributed by atoms with van der Waals surface area (Å²) in [7, 11) is 0. The normalized spacial score (nSPS) is 12.7. The topological polar surface area (TPSA) is 72.7 Å². The molecule has 4 nitrogen and oxygen atoms in total. The third kappa shape index (κ3) is 2.90. The Kier molecular flexibility index (Phi) is 3.73. The van der Waals surface area contributed by atoms with E-state index in [-0.39, 0.29) is 11.5 Å². The van der Waals surface area contributed by atoms with E-state index in [9.17, 15) is 10.2 Å². The molecule has 0 aliphatic rings. The maximum atomic E-state index is 9.41. The second-order valence-corrected chi connectivity index (χ2v) is 3.10. The molecule has 0 fully saturated rings. The molecule has 0 bridgehead atoms. The Labute approximate surface area is 82.8 Å². The Morgan fingerprint density at radius 1 is 1.29 bits per heavy atom. The van der Waals surface area contributed by atoms with Crippen LogP contribution in [-0.2, 0) is 6.42 Å². The highest BCUT2D eigenvalue weighted by atomic mass is 16.3. The zero-order valence-corrected chi connectivity index (χ0v) is 8.07. The molecule has 1 atom stereocenters. The minimum absolute atomic E-state index is 0.147. The van der Waals surface area contributed by atoms with Crippen LogP contribution in [0, 0.1) is 0 Å². The van der Waals surface area contributed by atoms with Gasteiger partial charge in [0.1, 0.15) is 6.23 Å².